The summed E-state index contributed by atoms with van der Waals surface area (Å²) < 4.78 is 23.2. The number of likely N-dealkylation sites (N-methyl/N-ethyl adjacent to an activating group) is 1. The van der Waals surface area contributed by atoms with Crippen molar-refractivity contribution in [2.75, 3.05) is 13.7 Å². The molecule has 14 atom stereocenters. The highest BCUT2D eigenvalue weighted by Crippen LogP contribution is 2.31. The zero-order chi connectivity index (χ0) is 24.7. The van der Waals surface area contributed by atoms with Crippen LogP contribution < -0.4 is 28.3 Å². The van der Waals surface area contributed by atoms with E-state index in [2.05, 4.69) is 5.32 Å². The minimum absolute atomic E-state index is 0.135. The third-order valence-corrected chi connectivity index (χ3v) is 6.97. The van der Waals surface area contributed by atoms with E-state index in [0.717, 1.165) is 0 Å². The Morgan fingerprint density at radius 1 is 0.970 bits per heavy atom. The summed E-state index contributed by atoms with van der Waals surface area (Å²) in [6.45, 7) is 3.20. The number of aliphatic hydroxyl groups excluding tert-OH is 3. The van der Waals surface area contributed by atoms with Crippen LogP contribution >= 0.6 is 0 Å². The minimum Gasteiger partial charge on any atom is -0.390 e. The van der Waals surface area contributed by atoms with Crippen molar-refractivity contribution in [3.63, 3.8) is 0 Å². The SMILES string of the molecule is CNC1C(O)C(OC2C(N)C(O)C(N)C(OC3OC(C(C)N)CCC3N)C2O)OCC1(C)O. The Morgan fingerprint density at radius 2 is 1.55 bits per heavy atom. The van der Waals surface area contributed by atoms with Gasteiger partial charge in [0.1, 0.15) is 30.0 Å². The maximum absolute atomic E-state index is 11.1. The van der Waals surface area contributed by atoms with E-state index in [9.17, 15) is 20.4 Å². The lowest BCUT2D eigenvalue weighted by atomic mass is 9.81. The van der Waals surface area contributed by atoms with E-state index in [0.29, 0.717) is 12.8 Å². The smallest absolute Gasteiger partial charge is 0.185 e. The van der Waals surface area contributed by atoms with Crippen molar-refractivity contribution in [3.8, 4) is 0 Å². The normalized spacial score (nSPS) is 52.5. The van der Waals surface area contributed by atoms with Gasteiger partial charge in [0, 0.05) is 6.04 Å². The number of rotatable bonds is 6. The van der Waals surface area contributed by atoms with Crippen LogP contribution in [-0.4, -0.2) is 119 Å². The first-order valence-corrected chi connectivity index (χ1v) is 11.4. The molecule has 3 fully saturated rings. The molecule has 194 valence electrons. The summed E-state index contributed by atoms with van der Waals surface area (Å²) in [6, 6.07) is -3.64. The first-order chi connectivity index (χ1) is 15.4. The third kappa shape index (κ3) is 5.51. The Labute approximate surface area is 193 Å². The quantitative estimate of drug-likeness (QED) is 0.175. The molecule has 0 bridgehead atoms. The van der Waals surface area contributed by atoms with E-state index in [4.69, 9.17) is 41.9 Å². The van der Waals surface area contributed by atoms with Gasteiger partial charge < -0.3 is 67.6 Å². The molecule has 2 heterocycles. The second-order valence-electron chi connectivity index (χ2n) is 9.77. The average molecular weight is 480 g/mol. The van der Waals surface area contributed by atoms with Crippen molar-refractivity contribution in [1.29, 1.82) is 0 Å². The van der Waals surface area contributed by atoms with Crippen LogP contribution in [0.3, 0.4) is 0 Å². The Morgan fingerprint density at radius 3 is 2.09 bits per heavy atom. The molecular weight excluding hydrogens is 438 g/mol. The fraction of sp³-hybridized carbons (Fsp3) is 1.00. The highest BCUT2D eigenvalue weighted by Gasteiger charge is 2.53. The van der Waals surface area contributed by atoms with Gasteiger partial charge in [-0.1, -0.05) is 0 Å². The monoisotopic (exact) mass is 479 g/mol. The van der Waals surface area contributed by atoms with Gasteiger partial charge in [-0.25, -0.2) is 0 Å². The second kappa shape index (κ2) is 10.6. The average Bonchev–Trinajstić information content (AvgIpc) is 2.75. The summed E-state index contributed by atoms with van der Waals surface area (Å²) in [5.74, 6) is 0. The van der Waals surface area contributed by atoms with E-state index in [1.165, 1.54) is 6.92 Å². The standard InChI is InChI=1S/C20H41N5O8/c1-7(21)9-5-4-8(22)18(31-9)32-15-10(23)12(26)11(24)16(13(15)27)33-19-14(28)17(25-3)20(2,29)6-30-19/h7-19,25-29H,4-6,21-24H2,1-3H3. The Balaban J connectivity index is 1.74. The van der Waals surface area contributed by atoms with E-state index in [1.54, 1.807) is 7.05 Å². The number of aliphatic hydroxyl groups is 4. The molecule has 1 saturated carbocycles. The molecule has 13 nitrogen and oxygen atoms in total. The van der Waals surface area contributed by atoms with Crippen molar-refractivity contribution in [3.05, 3.63) is 0 Å². The van der Waals surface area contributed by atoms with Crippen LogP contribution in [0.25, 0.3) is 0 Å². The van der Waals surface area contributed by atoms with Crippen molar-refractivity contribution >= 4 is 0 Å². The van der Waals surface area contributed by atoms with Crippen LogP contribution in [0, 0.1) is 0 Å². The highest BCUT2D eigenvalue weighted by atomic mass is 16.7. The maximum Gasteiger partial charge on any atom is 0.185 e. The van der Waals surface area contributed by atoms with E-state index in [-0.39, 0.29) is 18.8 Å². The predicted octanol–water partition coefficient (Wildman–Crippen LogP) is -4.62. The molecule has 13 N–H and O–H groups in total. The van der Waals surface area contributed by atoms with Gasteiger partial charge in [-0.2, -0.15) is 0 Å². The Kier molecular flexibility index (Phi) is 8.71. The molecule has 0 amide bonds. The molecule has 33 heavy (non-hydrogen) atoms. The van der Waals surface area contributed by atoms with Gasteiger partial charge in [0.25, 0.3) is 0 Å². The van der Waals surface area contributed by atoms with Crippen LogP contribution in [0.2, 0.25) is 0 Å². The van der Waals surface area contributed by atoms with E-state index < -0.39 is 72.9 Å². The first-order valence-electron chi connectivity index (χ1n) is 11.4. The number of nitrogens with one attached hydrogen (secondary N) is 1. The molecule has 14 unspecified atom stereocenters. The molecule has 1 aliphatic carbocycles. The molecule has 2 aliphatic heterocycles. The molecule has 0 aromatic carbocycles. The molecule has 0 spiro atoms. The Hall–Kier alpha value is -0.520. The first kappa shape index (κ1) is 27.1. The summed E-state index contributed by atoms with van der Waals surface area (Å²) in [5, 5.41) is 45.7. The van der Waals surface area contributed by atoms with E-state index in [1.807, 2.05) is 6.92 Å². The summed E-state index contributed by atoms with van der Waals surface area (Å²) in [4.78, 5) is 0. The van der Waals surface area contributed by atoms with E-state index >= 15 is 0 Å². The summed E-state index contributed by atoms with van der Waals surface area (Å²) in [5.41, 5.74) is 23.0. The molecule has 0 radical (unpaired) electrons. The predicted molar refractivity (Wildman–Crippen MR) is 116 cm³/mol. The molecule has 0 aromatic rings. The third-order valence-electron chi connectivity index (χ3n) is 6.97. The summed E-state index contributed by atoms with van der Waals surface area (Å²) in [7, 11) is 1.58. The van der Waals surface area contributed by atoms with Crippen LogP contribution in [0.1, 0.15) is 26.7 Å². The van der Waals surface area contributed by atoms with Crippen LogP contribution in [-0.2, 0) is 18.9 Å². The molecule has 0 aromatic heterocycles. The lowest BCUT2D eigenvalue weighted by Crippen LogP contribution is -2.73. The summed E-state index contributed by atoms with van der Waals surface area (Å²) >= 11 is 0. The molecule has 3 rings (SSSR count). The number of hydrogen-bond donors (Lipinski definition) is 9. The highest BCUT2D eigenvalue weighted by molar-refractivity contribution is 5.06. The van der Waals surface area contributed by atoms with Gasteiger partial charge in [0.2, 0.25) is 0 Å². The van der Waals surface area contributed by atoms with Crippen LogP contribution in [0.4, 0.5) is 0 Å². The van der Waals surface area contributed by atoms with Gasteiger partial charge in [-0.15, -0.1) is 0 Å². The number of nitrogens with two attached hydrogens (primary N) is 4. The van der Waals surface area contributed by atoms with Gasteiger partial charge in [0.15, 0.2) is 12.6 Å². The zero-order valence-corrected chi connectivity index (χ0v) is 19.4. The fourth-order valence-electron chi connectivity index (χ4n) is 4.86. The van der Waals surface area contributed by atoms with Crippen LogP contribution in [0.15, 0.2) is 0 Å². The van der Waals surface area contributed by atoms with Crippen molar-refractivity contribution in [1.82, 2.24) is 5.32 Å². The molecule has 13 heteroatoms. The molecule has 2 saturated heterocycles. The van der Waals surface area contributed by atoms with Gasteiger partial charge in [-0.05, 0) is 33.7 Å². The number of hydrogen-bond acceptors (Lipinski definition) is 13. The Bertz CT molecular complexity index is 646. The lowest BCUT2D eigenvalue weighted by Gasteiger charge is -2.49. The topological polar surface area (TPSA) is 234 Å². The second-order valence-corrected chi connectivity index (χ2v) is 9.77. The van der Waals surface area contributed by atoms with Crippen LogP contribution in [0.5, 0.6) is 0 Å². The van der Waals surface area contributed by atoms with Gasteiger partial charge in [0.05, 0.1) is 43.0 Å². The van der Waals surface area contributed by atoms with Crippen molar-refractivity contribution < 1.29 is 39.4 Å². The molecular formula is C20H41N5O8. The summed E-state index contributed by atoms with van der Waals surface area (Å²) in [6.07, 6.45) is -7.43. The van der Waals surface area contributed by atoms with Crippen molar-refractivity contribution in [2.45, 2.75) is 112 Å². The fourth-order valence-corrected chi connectivity index (χ4v) is 4.86. The number of ether oxygens (including phenoxy) is 4. The largest absolute Gasteiger partial charge is 0.390 e. The lowest BCUT2D eigenvalue weighted by molar-refractivity contribution is -0.313. The maximum atomic E-state index is 11.1. The van der Waals surface area contributed by atoms with Crippen molar-refractivity contribution in [2.24, 2.45) is 22.9 Å². The molecule has 3 aliphatic rings. The minimum atomic E-state index is -1.39. The van der Waals surface area contributed by atoms with Gasteiger partial charge >= 0.3 is 0 Å². The van der Waals surface area contributed by atoms with Gasteiger partial charge in [-0.3, -0.25) is 0 Å². The zero-order valence-electron chi connectivity index (χ0n) is 19.4.